The third-order valence-corrected chi connectivity index (χ3v) is 3.02. The maximum absolute atomic E-state index is 11.8. The number of rotatable bonds is 6. The van der Waals surface area contributed by atoms with Crippen molar-refractivity contribution in [1.82, 2.24) is 5.32 Å². The Kier molecular flexibility index (Phi) is 5.77. The minimum Gasteiger partial charge on any atom is -0.379 e. The zero-order valence-corrected chi connectivity index (χ0v) is 10.4. The lowest BCUT2D eigenvalue weighted by molar-refractivity contribution is -0.125. The van der Waals surface area contributed by atoms with Gasteiger partial charge in [-0.2, -0.15) is 0 Å². The van der Waals surface area contributed by atoms with Gasteiger partial charge >= 0.3 is 0 Å². The molecular weight excluding hydrogens is 204 g/mol. The van der Waals surface area contributed by atoms with E-state index in [9.17, 15) is 4.79 Å². The van der Waals surface area contributed by atoms with Crippen LogP contribution in [0.25, 0.3) is 0 Å². The number of carbonyl (C=O) groups is 1. The van der Waals surface area contributed by atoms with E-state index in [1.165, 1.54) is 0 Å². The first kappa shape index (κ1) is 13.5. The lowest BCUT2D eigenvalue weighted by atomic mass is 10.0. The molecule has 0 radical (unpaired) electrons. The molecule has 3 atom stereocenters. The number of hydrogen-bond acceptors (Lipinski definition) is 3. The summed E-state index contributed by atoms with van der Waals surface area (Å²) in [7, 11) is 0. The van der Waals surface area contributed by atoms with E-state index in [1.54, 1.807) is 0 Å². The van der Waals surface area contributed by atoms with Crippen LogP contribution in [0.4, 0.5) is 0 Å². The van der Waals surface area contributed by atoms with E-state index in [4.69, 9.17) is 10.5 Å². The van der Waals surface area contributed by atoms with Crippen molar-refractivity contribution in [3.05, 3.63) is 0 Å². The Bertz CT molecular complexity index is 213. The van der Waals surface area contributed by atoms with Crippen LogP contribution in [0.3, 0.4) is 0 Å². The molecule has 1 heterocycles. The maximum atomic E-state index is 11.8. The van der Waals surface area contributed by atoms with E-state index in [-0.39, 0.29) is 23.9 Å². The lowest BCUT2D eigenvalue weighted by Crippen LogP contribution is -2.38. The summed E-state index contributed by atoms with van der Waals surface area (Å²) in [5.41, 5.74) is 5.67. The predicted octanol–water partition coefficient (Wildman–Crippen LogP) is 1.05. The molecule has 3 N–H and O–H groups in total. The van der Waals surface area contributed by atoms with Gasteiger partial charge in [-0.25, -0.2) is 0 Å². The third kappa shape index (κ3) is 4.94. The van der Waals surface area contributed by atoms with Crippen LogP contribution in [0.1, 0.15) is 39.5 Å². The Morgan fingerprint density at radius 1 is 1.50 bits per heavy atom. The Balaban J connectivity index is 2.14. The molecular formula is C12H24N2O2. The summed E-state index contributed by atoms with van der Waals surface area (Å²) in [4.78, 5) is 11.8. The van der Waals surface area contributed by atoms with Crippen molar-refractivity contribution < 1.29 is 9.53 Å². The second kappa shape index (κ2) is 6.86. The first-order valence-electron chi connectivity index (χ1n) is 6.23. The Morgan fingerprint density at radius 3 is 2.81 bits per heavy atom. The van der Waals surface area contributed by atoms with Crippen LogP contribution >= 0.6 is 0 Å². The van der Waals surface area contributed by atoms with Gasteiger partial charge in [0.25, 0.3) is 0 Å². The largest absolute Gasteiger partial charge is 0.379 e. The zero-order chi connectivity index (χ0) is 12.0. The molecule has 0 saturated carbocycles. The van der Waals surface area contributed by atoms with Crippen molar-refractivity contribution in [1.29, 1.82) is 0 Å². The monoisotopic (exact) mass is 228 g/mol. The van der Waals surface area contributed by atoms with Crippen LogP contribution in [-0.4, -0.2) is 31.2 Å². The van der Waals surface area contributed by atoms with Crippen molar-refractivity contribution in [3.8, 4) is 0 Å². The molecule has 0 aliphatic carbocycles. The number of hydrogen-bond donors (Lipinski definition) is 2. The molecule has 1 amide bonds. The van der Waals surface area contributed by atoms with Crippen LogP contribution in [-0.2, 0) is 9.53 Å². The molecule has 1 saturated heterocycles. The van der Waals surface area contributed by atoms with E-state index in [1.807, 2.05) is 13.8 Å². The van der Waals surface area contributed by atoms with Crippen LogP contribution in [0.5, 0.6) is 0 Å². The second-order valence-electron chi connectivity index (χ2n) is 4.88. The standard InChI is InChI=1S/C12H24N2O2/c1-9(4-3-5-10(2)13)12(15)14-11-6-7-16-8-11/h9-11H,3-8,13H2,1-2H3,(H,14,15). The number of carbonyl (C=O) groups excluding carboxylic acids is 1. The number of ether oxygens (including phenoxy) is 1. The molecule has 0 aromatic rings. The average Bonchev–Trinajstić information content (AvgIpc) is 2.69. The van der Waals surface area contributed by atoms with E-state index in [0.29, 0.717) is 6.61 Å². The van der Waals surface area contributed by atoms with Crippen molar-refractivity contribution >= 4 is 5.91 Å². The molecule has 0 aromatic heterocycles. The minimum absolute atomic E-state index is 0.0827. The summed E-state index contributed by atoms with van der Waals surface area (Å²) >= 11 is 0. The van der Waals surface area contributed by atoms with Gasteiger partial charge in [0.05, 0.1) is 12.6 Å². The summed E-state index contributed by atoms with van der Waals surface area (Å²) in [6.07, 6.45) is 3.87. The fraction of sp³-hybridized carbons (Fsp3) is 0.917. The third-order valence-electron chi connectivity index (χ3n) is 3.02. The van der Waals surface area contributed by atoms with Gasteiger partial charge < -0.3 is 15.8 Å². The van der Waals surface area contributed by atoms with E-state index in [2.05, 4.69) is 5.32 Å². The summed E-state index contributed by atoms with van der Waals surface area (Å²) < 4.78 is 5.22. The molecule has 16 heavy (non-hydrogen) atoms. The highest BCUT2D eigenvalue weighted by molar-refractivity contribution is 5.78. The molecule has 1 aliphatic rings. The number of nitrogens with one attached hydrogen (secondary N) is 1. The van der Waals surface area contributed by atoms with Crippen LogP contribution in [0.2, 0.25) is 0 Å². The fourth-order valence-electron chi connectivity index (χ4n) is 1.87. The zero-order valence-electron chi connectivity index (χ0n) is 10.4. The van der Waals surface area contributed by atoms with Crippen molar-refractivity contribution in [2.45, 2.75) is 51.6 Å². The van der Waals surface area contributed by atoms with Crippen LogP contribution in [0, 0.1) is 5.92 Å². The molecule has 0 bridgehead atoms. The van der Waals surface area contributed by atoms with E-state index >= 15 is 0 Å². The summed E-state index contributed by atoms with van der Waals surface area (Å²) in [5.74, 6) is 0.236. The molecule has 1 aliphatic heterocycles. The maximum Gasteiger partial charge on any atom is 0.223 e. The smallest absolute Gasteiger partial charge is 0.223 e. The lowest BCUT2D eigenvalue weighted by Gasteiger charge is -2.16. The molecule has 1 rings (SSSR count). The van der Waals surface area contributed by atoms with Gasteiger partial charge in [0, 0.05) is 18.6 Å². The van der Waals surface area contributed by atoms with Crippen LogP contribution in [0.15, 0.2) is 0 Å². The number of nitrogens with two attached hydrogens (primary N) is 1. The van der Waals surface area contributed by atoms with Gasteiger partial charge in [0.2, 0.25) is 5.91 Å². The van der Waals surface area contributed by atoms with Gasteiger partial charge in [0.15, 0.2) is 0 Å². The Morgan fingerprint density at radius 2 is 2.25 bits per heavy atom. The molecule has 94 valence electrons. The van der Waals surface area contributed by atoms with Gasteiger partial charge in [-0.3, -0.25) is 4.79 Å². The highest BCUT2D eigenvalue weighted by atomic mass is 16.5. The topological polar surface area (TPSA) is 64.4 Å². The van der Waals surface area contributed by atoms with Gasteiger partial charge in [-0.1, -0.05) is 13.3 Å². The van der Waals surface area contributed by atoms with Gasteiger partial charge in [-0.15, -0.1) is 0 Å². The first-order chi connectivity index (χ1) is 7.59. The molecule has 0 aromatic carbocycles. The highest BCUT2D eigenvalue weighted by Gasteiger charge is 2.20. The van der Waals surface area contributed by atoms with E-state index < -0.39 is 0 Å². The van der Waals surface area contributed by atoms with Gasteiger partial charge in [-0.05, 0) is 26.2 Å². The average molecular weight is 228 g/mol. The first-order valence-corrected chi connectivity index (χ1v) is 6.23. The van der Waals surface area contributed by atoms with Gasteiger partial charge in [0.1, 0.15) is 0 Å². The van der Waals surface area contributed by atoms with Crippen molar-refractivity contribution in [2.75, 3.05) is 13.2 Å². The molecule has 3 unspecified atom stereocenters. The quantitative estimate of drug-likeness (QED) is 0.714. The van der Waals surface area contributed by atoms with E-state index in [0.717, 1.165) is 32.3 Å². The second-order valence-corrected chi connectivity index (χ2v) is 4.88. The van der Waals surface area contributed by atoms with Crippen molar-refractivity contribution in [2.24, 2.45) is 11.7 Å². The summed E-state index contributed by atoms with van der Waals surface area (Å²) in [5, 5.41) is 3.02. The Hall–Kier alpha value is -0.610. The summed E-state index contributed by atoms with van der Waals surface area (Å²) in [6.45, 7) is 5.41. The highest BCUT2D eigenvalue weighted by Crippen LogP contribution is 2.11. The molecule has 0 spiro atoms. The molecule has 4 heteroatoms. The number of amides is 1. The SMILES string of the molecule is CC(N)CCCC(C)C(=O)NC1CCOC1. The Labute approximate surface area is 97.9 Å². The normalized spacial score (nSPS) is 24.1. The minimum atomic E-state index is 0.0827. The van der Waals surface area contributed by atoms with Crippen molar-refractivity contribution in [3.63, 3.8) is 0 Å². The summed E-state index contributed by atoms with van der Waals surface area (Å²) in [6, 6.07) is 0.460. The molecule has 4 nitrogen and oxygen atoms in total. The fourth-order valence-corrected chi connectivity index (χ4v) is 1.87. The molecule has 1 fully saturated rings. The van der Waals surface area contributed by atoms with Crippen LogP contribution < -0.4 is 11.1 Å². The predicted molar refractivity (Wildman–Crippen MR) is 64.0 cm³/mol.